The summed E-state index contributed by atoms with van der Waals surface area (Å²) in [4.78, 5) is 33.8. The predicted molar refractivity (Wildman–Crippen MR) is 82.8 cm³/mol. The van der Waals surface area contributed by atoms with Gasteiger partial charge in [-0.1, -0.05) is 11.6 Å². The number of anilines is 1. The third-order valence-corrected chi connectivity index (χ3v) is 3.34. The van der Waals surface area contributed by atoms with E-state index in [9.17, 15) is 31.9 Å². The minimum atomic E-state index is -4.43. The first-order valence-electron chi connectivity index (χ1n) is 7.17. The highest BCUT2D eigenvalue weighted by Gasteiger charge is 2.42. The third kappa shape index (κ3) is 6.87. The molecule has 11 heteroatoms. The molecule has 1 aromatic rings. The van der Waals surface area contributed by atoms with Crippen molar-refractivity contribution in [2.24, 2.45) is 0 Å². The maximum atomic E-state index is 12.6. The van der Waals surface area contributed by atoms with Crippen LogP contribution in [0.1, 0.15) is 29.6 Å². The van der Waals surface area contributed by atoms with Crippen LogP contribution in [0.5, 0.6) is 0 Å². The van der Waals surface area contributed by atoms with Gasteiger partial charge in [-0.2, -0.15) is 8.78 Å². The Morgan fingerprint density at radius 3 is 2.46 bits per heavy atom. The number of rotatable bonds is 9. The average Bonchev–Trinajstić information content (AvgIpc) is 2.54. The standard InChI is InChI=1S/C15H14ClF4NO5/c16-10-5-4-8(6-9(10)13(24)25)21-11(22)2-1-3-12(23)26-7-15(19,20)14(17)18/h4-6,14H,1-3,7H2,(H,21,22)(H,24,25). The summed E-state index contributed by atoms with van der Waals surface area (Å²) < 4.78 is 53.0. The Morgan fingerprint density at radius 1 is 1.23 bits per heavy atom. The van der Waals surface area contributed by atoms with E-state index in [0.717, 1.165) is 6.07 Å². The van der Waals surface area contributed by atoms with Crippen LogP contribution < -0.4 is 5.32 Å². The fourth-order valence-corrected chi connectivity index (χ4v) is 1.89. The number of carboxylic acids is 1. The van der Waals surface area contributed by atoms with E-state index in [0.29, 0.717) is 0 Å². The summed E-state index contributed by atoms with van der Waals surface area (Å²) in [6.45, 7) is -1.74. The van der Waals surface area contributed by atoms with E-state index in [1.165, 1.54) is 12.1 Å². The largest absolute Gasteiger partial charge is 0.478 e. The van der Waals surface area contributed by atoms with Gasteiger partial charge in [-0.25, -0.2) is 13.6 Å². The molecule has 0 radical (unpaired) electrons. The molecule has 2 N–H and O–H groups in total. The van der Waals surface area contributed by atoms with Gasteiger partial charge in [0.05, 0.1) is 10.6 Å². The monoisotopic (exact) mass is 399 g/mol. The number of carbonyl (C=O) groups is 3. The predicted octanol–water partition coefficient (Wildman–Crippen LogP) is 3.59. The van der Waals surface area contributed by atoms with E-state index < -0.39 is 43.2 Å². The number of aromatic carboxylic acids is 1. The molecule has 0 fully saturated rings. The van der Waals surface area contributed by atoms with Gasteiger partial charge >= 0.3 is 24.3 Å². The van der Waals surface area contributed by atoms with Gasteiger partial charge < -0.3 is 15.2 Å². The van der Waals surface area contributed by atoms with Crippen molar-refractivity contribution in [3.8, 4) is 0 Å². The summed E-state index contributed by atoms with van der Waals surface area (Å²) in [7, 11) is 0. The van der Waals surface area contributed by atoms with Gasteiger partial charge in [0, 0.05) is 18.5 Å². The van der Waals surface area contributed by atoms with E-state index in [4.69, 9.17) is 16.7 Å². The second-order valence-electron chi connectivity index (χ2n) is 5.12. The average molecular weight is 400 g/mol. The number of benzene rings is 1. The number of halogens is 5. The van der Waals surface area contributed by atoms with Gasteiger partial charge in [-0.05, 0) is 24.6 Å². The van der Waals surface area contributed by atoms with E-state index in [2.05, 4.69) is 10.1 Å². The SMILES string of the molecule is O=C(CCCC(=O)OCC(F)(F)C(F)F)Nc1ccc(Cl)c(C(=O)O)c1. The van der Waals surface area contributed by atoms with Gasteiger partial charge in [-0.3, -0.25) is 9.59 Å². The first kappa shape index (κ1) is 21.7. The van der Waals surface area contributed by atoms with Crippen molar-refractivity contribution in [1.82, 2.24) is 0 Å². The van der Waals surface area contributed by atoms with E-state index >= 15 is 0 Å². The Labute approximate surface area is 150 Å². The van der Waals surface area contributed by atoms with Crippen LogP contribution in [0.15, 0.2) is 18.2 Å². The zero-order valence-corrected chi connectivity index (χ0v) is 13.9. The topological polar surface area (TPSA) is 92.7 Å². The van der Waals surface area contributed by atoms with Crippen molar-refractivity contribution in [3.05, 3.63) is 28.8 Å². The number of nitrogens with one attached hydrogen (secondary N) is 1. The van der Waals surface area contributed by atoms with Crippen LogP contribution in [0.25, 0.3) is 0 Å². The number of esters is 1. The van der Waals surface area contributed by atoms with Gasteiger partial charge in [0.15, 0.2) is 6.61 Å². The van der Waals surface area contributed by atoms with Gasteiger partial charge in [0.2, 0.25) is 5.91 Å². The zero-order chi connectivity index (χ0) is 19.9. The second-order valence-corrected chi connectivity index (χ2v) is 5.53. The van der Waals surface area contributed by atoms with Crippen LogP contribution in [0.2, 0.25) is 5.02 Å². The lowest BCUT2D eigenvalue weighted by molar-refractivity contribution is -0.179. The lowest BCUT2D eigenvalue weighted by Gasteiger charge is -2.14. The van der Waals surface area contributed by atoms with Crippen LogP contribution in [0.3, 0.4) is 0 Å². The zero-order valence-electron chi connectivity index (χ0n) is 13.1. The summed E-state index contributed by atoms with van der Waals surface area (Å²) in [5.41, 5.74) is -0.0519. The fourth-order valence-electron chi connectivity index (χ4n) is 1.70. The van der Waals surface area contributed by atoms with E-state index in [1.54, 1.807) is 0 Å². The first-order valence-corrected chi connectivity index (χ1v) is 7.55. The summed E-state index contributed by atoms with van der Waals surface area (Å²) in [5.74, 6) is -7.43. The van der Waals surface area contributed by atoms with Crippen LogP contribution in [0, 0.1) is 0 Å². The lowest BCUT2D eigenvalue weighted by atomic mass is 10.2. The molecule has 144 valence electrons. The minimum absolute atomic E-state index is 0.0150. The number of carboxylic acid groups (broad SMARTS) is 1. The molecule has 0 atom stereocenters. The molecule has 0 unspecified atom stereocenters. The fraction of sp³-hybridized carbons (Fsp3) is 0.400. The number of alkyl halides is 4. The van der Waals surface area contributed by atoms with Crippen molar-refractivity contribution in [1.29, 1.82) is 0 Å². The summed E-state index contributed by atoms with van der Waals surface area (Å²) in [6, 6.07) is 3.79. The molecule has 0 saturated carbocycles. The second kappa shape index (κ2) is 9.37. The van der Waals surface area contributed by atoms with Gasteiger partial charge in [0.25, 0.3) is 0 Å². The van der Waals surface area contributed by atoms with Gasteiger partial charge in [-0.15, -0.1) is 0 Å². The molecule has 0 heterocycles. The van der Waals surface area contributed by atoms with Crippen molar-refractivity contribution in [2.45, 2.75) is 31.6 Å². The highest BCUT2D eigenvalue weighted by molar-refractivity contribution is 6.33. The molecule has 0 aromatic heterocycles. The van der Waals surface area contributed by atoms with Crippen LogP contribution in [-0.4, -0.2) is 41.9 Å². The van der Waals surface area contributed by atoms with Crippen molar-refractivity contribution < 1.29 is 41.8 Å². The molecule has 0 aliphatic heterocycles. The highest BCUT2D eigenvalue weighted by Crippen LogP contribution is 2.23. The summed E-state index contributed by atoms with van der Waals surface area (Å²) in [6.07, 6.45) is -4.65. The Morgan fingerprint density at radius 2 is 1.88 bits per heavy atom. The smallest absolute Gasteiger partial charge is 0.340 e. The molecule has 1 rings (SSSR count). The molecule has 0 bridgehead atoms. The molecule has 0 spiro atoms. The Bertz CT molecular complexity index is 684. The van der Waals surface area contributed by atoms with Crippen molar-refractivity contribution in [2.75, 3.05) is 11.9 Å². The molecular weight excluding hydrogens is 386 g/mol. The first-order chi connectivity index (χ1) is 12.0. The van der Waals surface area contributed by atoms with Crippen LogP contribution >= 0.6 is 11.6 Å². The van der Waals surface area contributed by atoms with E-state index in [-0.39, 0.29) is 29.1 Å². The molecule has 0 aliphatic rings. The molecule has 0 saturated heterocycles. The third-order valence-electron chi connectivity index (χ3n) is 3.01. The van der Waals surface area contributed by atoms with Gasteiger partial charge in [0.1, 0.15) is 0 Å². The quantitative estimate of drug-likeness (QED) is 0.489. The van der Waals surface area contributed by atoms with Crippen molar-refractivity contribution in [3.63, 3.8) is 0 Å². The Hall–Kier alpha value is -2.36. The molecule has 26 heavy (non-hydrogen) atoms. The molecule has 0 aliphatic carbocycles. The van der Waals surface area contributed by atoms with E-state index in [1.807, 2.05) is 0 Å². The number of amides is 1. The molecule has 6 nitrogen and oxygen atoms in total. The normalized spacial score (nSPS) is 11.3. The Balaban J connectivity index is 2.40. The maximum Gasteiger partial charge on any atom is 0.340 e. The number of carbonyl (C=O) groups excluding carboxylic acids is 2. The van der Waals surface area contributed by atoms with Crippen molar-refractivity contribution >= 4 is 35.1 Å². The number of hydrogen-bond donors (Lipinski definition) is 2. The number of ether oxygens (including phenoxy) is 1. The van der Waals surface area contributed by atoms with Crippen LogP contribution in [0.4, 0.5) is 23.2 Å². The molecular formula is C15H14ClF4NO5. The summed E-state index contributed by atoms with van der Waals surface area (Å²) >= 11 is 5.68. The molecule has 1 amide bonds. The molecule has 1 aromatic carbocycles. The minimum Gasteiger partial charge on any atom is -0.478 e. The highest BCUT2D eigenvalue weighted by atomic mass is 35.5. The Kier molecular flexibility index (Phi) is 7.81. The maximum absolute atomic E-state index is 12.6. The summed E-state index contributed by atoms with van der Waals surface area (Å²) in [5, 5.41) is 11.3. The lowest BCUT2D eigenvalue weighted by Crippen LogP contribution is -2.33. The van der Waals surface area contributed by atoms with Crippen LogP contribution in [-0.2, 0) is 14.3 Å². The number of hydrogen-bond acceptors (Lipinski definition) is 4.